The van der Waals surface area contributed by atoms with Gasteiger partial charge in [0.2, 0.25) is 0 Å². The first-order valence-corrected chi connectivity index (χ1v) is 16.7. The minimum absolute atomic E-state index is 0.0140. The second-order valence-electron chi connectivity index (χ2n) is 16.2. The summed E-state index contributed by atoms with van der Waals surface area (Å²) in [5.41, 5.74) is 11.9. The van der Waals surface area contributed by atoms with Crippen molar-refractivity contribution in [1.82, 2.24) is 4.57 Å². The van der Waals surface area contributed by atoms with Crippen LogP contribution in [-0.4, -0.2) is 43.8 Å². The fourth-order valence-corrected chi connectivity index (χ4v) is 7.01. The van der Waals surface area contributed by atoms with Crippen LogP contribution in [0.4, 0.5) is 0 Å². The van der Waals surface area contributed by atoms with E-state index in [1.165, 1.54) is 27.8 Å². The standard InChI is InChI=1S/C42H40B5N/c1-40(2,3)24-20-23(21-25(22-24)41(4,5)6)26-15-13-19-31(33(26)42(7,8)9)48-30-18-11-10-14-27(30)28-16-12-17-29(39(28)48)32-34(43)36(45)38(47)37(46)35(32)44/h10-22H,1-9H3. The molecule has 0 bridgehead atoms. The maximum absolute atomic E-state index is 6.71. The lowest BCUT2D eigenvalue weighted by Crippen LogP contribution is -2.55. The SMILES string of the molecule is [B]c1c([B])c([B])c(-c2cccc3c4ccccc4n(-c4cccc(-c5cc(C(C)(C)C)cc(C(C)(C)C)c5)c4C(C)(C)C)c23)c([B])c1[B]. The fraction of sp³-hybridized carbons (Fsp3) is 0.286. The van der Waals surface area contributed by atoms with Gasteiger partial charge in [0.1, 0.15) is 39.2 Å². The number of rotatable bonds is 3. The van der Waals surface area contributed by atoms with Crippen molar-refractivity contribution < 1.29 is 0 Å². The van der Waals surface area contributed by atoms with Crippen molar-refractivity contribution in [2.75, 3.05) is 0 Å². The minimum Gasteiger partial charge on any atom is -0.308 e. The van der Waals surface area contributed by atoms with Crippen molar-refractivity contribution in [3.05, 3.63) is 95.6 Å². The Bertz CT molecular complexity index is 2180. The molecule has 10 radical (unpaired) electrons. The van der Waals surface area contributed by atoms with Crippen molar-refractivity contribution in [2.24, 2.45) is 0 Å². The van der Waals surface area contributed by atoms with Crippen LogP contribution in [0.1, 0.15) is 79.0 Å². The maximum Gasteiger partial charge on any atom is 0.113 e. The number of para-hydroxylation sites is 2. The summed E-state index contributed by atoms with van der Waals surface area (Å²) in [4.78, 5) is 0. The van der Waals surface area contributed by atoms with Crippen LogP contribution in [0.5, 0.6) is 0 Å². The molecule has 48 heavy (non-hydrogen) atoms. The Morgan fingerprint density at radius 2 is 0.979 bits per heavy atom. The van der Waals surface area contributed by atoms with Crippen LogP contribution in [0.3, 0.4) is 0 Å². The topological polar surface area (TPSA) is 4.93 Å². The summed E-state index contributed by atoms with van der Waals surface area (Å²) in [7, 11) is 32.5. The van der Waals surface area contributed by atoms with Crippen LogP contribution in [-0.2, 0) is 16.2 Å². The van der Waals surface area contributed by atoms with Gasteiger partial charge >= 0.3 is 0 Å². The smallest absolute Gasteiger partial charge is 0.113 e. The Morgan fingerprint density at radius 3 is 1.54 bits per heavy atom. The first-order chi connectivity index (χ1) is 22.3. The molecule has 0 saturated carbocycles. The minimum atomic E-state index is -0.230. The van der Waals surface area contributed by atoms with Crippen LogP contribution in [0.25, 0.3) is 49.7 Å². The second kappa shape index (κ2) is 11.7. The summed E-state index contributed by atoms with van der Waals surface area (Å²) in [6.07, 6.45) is 0. The molecule has 6 aromatic rings. The number of hydrogen-bond acceptors (Lipinski definition) is 0. The van der Waals surface area contributed by atoms with E-state index >= 15 is 0 Å². The van der Waals surface area contributed by atoms with E-state index in [4.69, 9.17) is 39.2 Å². The molecule has 0 unspecified atom stereocenters. The highest BCUT2D eigenvalue weighted by Crippen LogP contribution is 2.44. The number of hydrogen-bond donors (Lipinski definition) is 0. The zero-order valence-corrected chi connectivity index (χ0v) is 29.8. The molecule has 0 spiro atoms. The third-order valence-electron chi connectivity index (χ3n) is 9.67. The summed E-state index contributed by atoms with van der Waals surface area (Å²) in [6.45, 7) is 20.6. The molecule has 0 amide bonds. The maximum atomic E-state index is 6.71. The van der Waals surface area contributed by atoms with Crippen LogP contribution in [0.2, 0.25) is 0 Å². The van der Waals surface area contributed by atoms with Gasteiger partial charge in [0.15, 0.2) is 0 Å². The summed E-state index contributed by atoms with van der Waals surface area (Å²) in [5.74, 6) is 0. The third-order valence-corrected chi connectivity index (χ3v) is 9.67. The van der Waals surface area contributed by atoms with Gasteiger partial charge in [0.05, 0.1) is 16.7 Å². The Kier molecular flexibility index (Phi) is 8.30. The summed E-state index contributed by atoms with van der Waals surface area (Å²) >= 11 is 0. The molecule has 1 nitrogen and oxygen atoms in total. The lowest BCUT2D eigenvalue weighted by atomic mass is 9.59. The van der Waals surface area contributed by atoms with Crippen molar-refractivity contribution in [2.45, 2.75) is 78.6 Å². The van der Waals surface area contributed by atoms with Gasteiger partial charge in [-0.25, -0.2) is 0 Å². The van der Waals surface area contributed by atoms with E-state index in [1.807, 2.05) is 12.1 Å². The van der Waals surface area contributed by atoms with E-state index in [0.717, 1.165) is 33.1 Å². The van der Waals surface area contributed by atoms with E-state index in [2.05, 4.69) is 134 Å². The van der Waals surface area contributed by atoms with E-state index in [-0.39, 0.29) is 32.6 Å². The average molecular weight is 613 g/mol. The van der Waals surface area contributed by atoms with Gasteiger partial charge in [0.25, 0.3) is 0 Å². The molecular weight excluding hydrogens is 573 g/mol. The number of fused-ring (bicyclic) bond motifs is 3. The molecule has 0 saturated heterocycles. The first-order valence-electron chi connectivity index (χ1n) is 16.7. The van der Waals surface area contributed by atoms with Crippen LogP contribution in [0, 0.1) is 0 Å². The first kappa shape index (κ1) is 34.1. The molecule has 0 aliphatic heterocycles. The lowest BCUT2D eigenvalue weighted by molar-refractivity contribution is 0.568. The number of benzene rings is 5. The summed E-state index contributed by atoms with van der Waals surface area (Å²) in [5, 5.41) is 2.20. The molecule has 0 atom stereocenters. The molecule has 5 aromatic carbocycles. The van der Waals surface area contributed by atoms with Gasteiger partial charge in [0, 0.05) is 16.3 Å². The zero-order valence-electron chi connectivity index (χ0n) is 29.8. The highest BCUT2D eigenvalue weighted by atomic mass is 15.0. The highest BCUT2D eigenvalue weighted by molar-refractivity contribution is 6.68. The molecule has 0 aliphatic carbocycles. The monoisotopic (exact) mass is 613 g/mol. The highest BCUT2D eigenvalue weighted by Gasteiger charge is 2.29. The van der Waals surface area contributed by atoms with E-state index < -0.39 is 0 Å². The predicted molar refractivity (Wildman–Crippen MR) is 215 cm³/mol. The Labute approximate surface area is 294 Å². The third kappa shape index (κ3) is 5.60. The zero-order chi connectivity index (χ0) is 35.1. The van der Waals surface area contributed by atoms with Crippen LogP contribution >= 0.6 is 0 Å². The van der Waals surface area contributed by atoms with Gasteiger partial charge in [-0.2, -0.15) is 0 Å². The Hall–Kier alpha value is -3.78. The van der Waals surface area contributed by atoms with Crippen LogP contribution in [0.15, 0.2) is 78.9 Å². The fourth-order valence-electron chi connectivity index (χ4n) is 7.01. The van der Waals surface area contributed by atoms with Crippen molar-refractivity contribution in [3.8, 4) is 27.9 Å². The predicted octanol–water partition coefficient (Wildman–Crippen LogP) is 5.98. The Morgan fingerprint density at radius 1 is 0.479 bits per heavy atom. The molecule has 0 N–H and O–H groups in total. The van der Waals surface area contributed by atoms with Gasteiger partial charge in [-0.1, -0.05) is 140 Å². The molecular formula is C42H40B5N. The van der Waals surface area contributed by atoms with Crippen LogP contribution < -0.4 is 27.3 Å². The molecule has 6 rings (SSSR count). The molecule has 228 valence electrons. The average Bonchev–Trinajstić information content (AvgIpc) is 3.36. The van der Waals surface area contributed by atoms with Gasteiger partial charge in [-0.05, 0) is 61.8 Å². The number of aromatic nitrogens is 1. The van der Waals surface area contributed by atoms with Crippen molar-refractivity contribution in [1.29, 1.82) is 0 Å². The van der Waals surface area contributed by atoms with E-state index in [0.29, 0.717) is 16.5 Å². The molecule has 0 fully saturated rings. The quantitative estimate of drug-likeness (QED) is 0.217. The largest absolute Gasteiger partial charge is 0.308 e. The molecule has 0 aliphatic rings. The normalized spacial score (nSPS) is 12.7. The Balaban J connectivity index is 1.79. The van der Waals surface area contributed by atoms with E-state index in [1.54, 1.807) is 0 Å². The lowest BCUT2D eigenvalue weighted by Gasteiger charge is -2.30. The van der Waals surface area contributed by atoms with Crippen molar-refractivity contribution in [3.63, 3.8) is 0 Å². The molecule has 1 aromatic heterocycles. The van der Waals surface area contributed by atoms with Gasteiger partial charge in [-0.15, -0.1) is 16.4 Å². The molecule has 6 heteroatoms. The van der Waals surface area contributed by atoms with Crippen molar-refractivity contribution >= 4 is 88.4 Å². The van der Waals surface area contributed by atoms with Gasteiger partial charge in [-0.3, -0.25) is 0 Å². The summed E-state index contributed by atoms with van der Waals surface area (Å²) < 4.78 is 2.37. The summed E-state index contributed by atoms with van der Waals surface area (Å²) in [6, 6.07) is 28.5. The second-order valence-corrected chi connectivity index (χ2v) is 16.2. The van der Waals surface area contributed by atoms with E-state index in [9.17, 15) is 0 Å². The van der Waals surface area contributed by atoms with Gasteiger partial charge < -0.3 is 4.57 Å². The number of nitrogens with zero attached hydrogens (tertiary/aromatic N) is 1. The molecule has 1 heterocycles.